The Morgan fingerprint density at radius 3 is 1.82 bits per heavy atom. The van der Waals surface area contributed by atoms with E-state index in [9.17, 15) is 13.2 Å². The maximum atomic E-state index is 13.2. The molecule has 0 spiro atoms. The zero-order valence-corrected chi connectivity index (χ0v) is 18.7. The van der Waals surface area contributed by atoms with Crippen LogP contribution in [0.3, 0.4) is 0 Å². The lowest BCUT2D eigenvalue weighted by atomic mass is 10.0. The molecule has 0 unspecified atom stereocenters. The van der Waals surface area contributed by atoms with E-state index in [0.29, 0.717) is 16.8 Å². The summed E-state index contributed by atoms with van der Waals surface area (Å²) < 4.78 is 24.9. The Kier molecular flexibility index (Phi) is 5.15. The van der Waals surface area contributed by atoms with Gasteiger partial charge in [-0.05, 0) is 41.5 Å². The lowest BCUT2D eigenvalue weighted by molar-refractivity contribution is 0.602. The van der Waals surface area contributed by atoms with E-state index in [-0.39, 0.29) is 10.5 Å². The molecule has 0 atom stereocenters. The SMILES string of the molecule is CS(=O)(=O)c1ccc(-n2nc(-c3ccc(-c4ccccc4)cc3)c3ccccc3c2=O)cc1. The quantitative estimate of drug-likeness (QED) is 0.379. The minimum absolute atomic E-state index is 0.191. The van der Waals surface area contributed by atoms with E-state index >= 15 is 0 Å². The number of hydrogen-bond donors (Lipinski definition) is 0. The minimum atomic E-state index is -3.33. The van der Waals surface area contributed by atoms with Gasteiger partial charge in [0.1, 0.15) is 0 Å². The molecule has 0 N–H and O–H groups in total. The Labute approximate surface area is 191 Å². The first-order valence-electron chi connectivity index (χ1n) is 10.4. The van der Waals surface area contributed by atoms with Crippen molar-refractivity contribution in [1.82, 2.24) is 9.78 Å². The van der Waals surface area contributed by atoms with Crippen LogP contribution in [0.4, 0.5) is 0 Å². The van der Waals surface area contributed by atoms with Crippen molar-refractivity contribution >= 4 is 20.6 Å². The van der Waals surface area contributed by atoms with Crippen molar-refractivity contribution in [3.05, 3.63) is 113 Å². The molecule has 0 aliphatic rings. The van der Waals surface area contributed by atoms with Crippen molar-refractivity contribution in [3.63, 3.8) is 0 Å². The predicted octanol–water partition coefficient (Wildman–Crippen LogP) is 5.12. The normalized spacial score (nSPS) is 11.5. The molecular formula is C27H20N2O3S. The Morgan fingerprint density at radius 2 is 1.18 bits per heavy atom. The zero-order chi connectivity index (χ0) is 23.0. The minimum Gasteiger partial charge on any atom is -0.267 e. The van der Waals surface area contributed by atoms with Crippen LogP contribution in [0.2, 0.25) is 0 Å². The number of hydrogen-bond acceptors (Lipinski definition) is 4. The van der Waals surface area contributed by atoms with Crippen molar-refractivity contribution in [2.24, 2.45) is 0 Å². The highest BCUT2D eigenvalue weighted by Gasteiger charge is 2.14. The van der Waals surface area contributed by atoms with Gasteiger partial charge in [-0.25, -0.2) is 8.42 Å². The third kappa shape index (κ3) is 3.97. The summed E-state index contributed by atoms with van der Waals surface area (Å²) in [4.78, 5) is 13.4. The number of aromatic nitrogens is 2. The highest BCUT2D eigenvalue weighted by Crippen LogP contribution is 2.28. The number of sulfone groups is 1. The van der Waals surface area contributed by atoms with Crippen molar-refractivity contribution in [2.45, 2.75) is 4.90 Å². The summed E-state index contributed by atoms with van der Waals surface area (Å²) >= 11 is 0. The van der Waals surface area contributed by atoms with Crippen LogP contribution in [0.15, 0.2) is 113 Å². The van der Waals surface area contributed by atoms with Gasteiger partial charge in [0.05, 0.1) is 21.7 Å². The second kappa shape index (κ2) is 8.15. The molecule has 5 nitrogen and oxygen atoms in total. The summed E-state index contributed by atoms with van der Waals surface area (Å²) in [5, 5.41) is 6.00. The molecule has 0 aliphatic carbocycles. The monoisotopic (exact) mass is 452 g/mol. The van der Waals surface area contributed by atoms with Gasteiger partial charge < -0.3 is 0 Å². The van der Waals surface area contributed by atoms with Gasteiger partial charge >= 0.3 is 0 Å². The molecule has 0 radical (unpaired) electrons. The Bertz CT molecular complexity index is 1620. The van der Waals surface area contributed by atoms with E-state index in [1.807, 2.05) is 60.7 Å². The van der Waals surface area contributed by atoms with Crippen LogP contribution >= 0.6 is 0 Å². The summed E-state index contributed by atoms with van der Waals surface area (Å²) in [5.41, 5.74) is 4.01. The molecule has 0 saturated heterocycles. The van der Waals surface area contributed by atoms with Gasteiger partial charge in [-0.2, -0.15) is 9.78 Å². The molecule has 1 heterocycles. The van der Waals surface area contributed by atoms with E-state index in [2.05, 4.69) is 17.2 Å². The molecule has 5 rings (SSSR count). The number of fused-ring (bicyclic) bond motifs is 1. The fourth-order valence-electron chi connectivity index (χ4n) is 3.86. The lowest BCUT2D eigenvalue weighted by Gasteiger charge is -2.12. The topological polar surface area (TPSA) is 69.0 Å². The fourth-order valence-corrected chi connectivity index (χ4v) is 4.49. The van der Waals surface area contributed by atoms with Crippen LogP contribution in [-0.2, 0) is 9.84 Å². The van der Waals surface area contributed by atoms with E-state index in [4.69, 9.17) is 0 Å². The maximum Gasteiger partial charge on any atom is 0.279 e. The Balaban J connectivity index is 1.67. The molecule has 33 heavy (non-hydrogen) atoms. The van der Waals surface area contributed by atoms with Crippen molar-refractivity contribution < 1.29 is 8.42 Å². The van der Waals surface area contributed by atoms with Crippen LogP contribution < -0.4 is 5.56 Å². The van der Waals surface area contributed by atoms with Gasteiger partial charge in [0, 0.05) is 17.2 Å². The largest absolute Gasteiger partial charge is 0.279 e. The molecule has 162 valence electrons. The number of nitrogens with zero attached hydrogens (tertiary/aromatic N) is 2. The van der Waals surface area contributed by atoms with Crippen LogP contribution in [0.25, 0.3) is 38.8 Å². The molecule has 0 fully saturated rings. The molecule has 0 saturated carbocycles. The van der Waals surface area contributed by atoms with Gasteiger partial charge in [0.15, 0.2) is 9.84 Å². The summed E-state index contributed by atoms with van der Waals surface area (Å²) in [5.74, 6) is 0. The van der Waals surface area contributed by atoms with Crippen LogP contribution in [-0.4, -0.2) is 24.5 Å². The molecule has 0 amide bonds. The summed E-state index contributed by atoms with van der Waals surface area (Å²) in [6, 6.07) is 31.7. The molecule has 0 bridgehead atoms. The average molecular weight is 453 g/mol. The van der Waals surface area contributed by atoms with Crippen molar-refractivity contribution in [3.8, 4) is 28.1 Å². The fraction of sp³-hybridized carbons (Fsp3) is 0.0370. The third-order valence-corrected chi connectivity index (χ3v) is 6.71. The predicted molar refractivity (Wildman–Crippen MR) is 131 cm³/mol. The molecule has 5 aromatic rings. The smallest absolute Gasteiger partial charge is 0.267 e. The summed E-state index contributed by atoms with van der Waals surface area (Å²) in [7, 11) is -3.33. The van der Waals surface area contributed by atoms with Crippen molar-refractivity contribution in [1.29, 1.82) is 0 Å². The van der Waals surface area contributed by atoms with Gasteiger partial charge in [0.2, 0.25) is 0 Å². The first kappa shape index (κ1) is 20.8. The summed E-state index contributed by atoms with van der Waals surface area (Å²) in [6.07, 6.45) is 1.15. The summed E-state index contributed by atoms with van der Waals surface area (Å²) in [6.45, 7) is 0. The molecule has 6 heteroatoms. The molecule has 0 aliphatic heterocycles. The van der Waals surface area contributed by atoms with E-state index in [0.717, 1.165) is 28.3 Å². The number of rotatable bonds is 4. The zero-order valence-electron chi connectivity index (χ0n) is 17.8. The highest BCUT2D eigenvalue weighted by atomic mass is 32.2. The van der Waals surface area contributed by atoms with Crippen LogP contribution in [0, 0.1) is 0 Å². The third-order valence-electron chi connectivity index (χ3n) is 5.58. The maximum absolute atomic E-state index is 13.2. The van der Waals surface area contributed by atoms with Crippen molar-refractivity contribution in [2.75, 3.05) is 6.26 Å². The Morgan fingerprint density at radius 1 is 0.636 bits per heavy atom. The first-order chi connectivity index (χ1) is 15.9. The van der Waals surface area contributed by atoms with Crippen LogP contribution in [0.5, 0.6) is 0 Å². The van der Waals surface area contributed by atoms with E-state index in [1.165, 1.54) is 16.8 Å². The van der Waals surface area contributed by atoms with E-state index < -0.39 is 9.84 Å². The second-order valence-corrected chi connectivity index (χ2v) is 9.84. The highest BCUT2D eigenvalue weighted by molar-refractivity contribution is 7.90. The van der Waals surface area contributed by atoms with Gasteiger partial charge in [-0.1, -0.05) is 72.8 Å². The van der Waals surface area contributed by atoms with Gasteiger partial charge in [0.25, 0.3) is 5.56 Å². The molecular weight excluding hydrogens is 432 g/mol. The average Bonchev–Trinajstić information content (AvgIpc) is 2.85. The van der Waals surface area contributed by atoms with Gasteiger partial charge in [-0.15, -0.1) is 0 Å². The molecule has 4 aromatic carbocycles. The molecule has 1 aromatic heterocycles. The standard InChI is InChI=1S/C27H20N2O3S/c1-33(31,32)23-17-15-22(16-18-23)29-27(30)25-10-6-5-9-24(25)26(28-29)21-13-11-20(12-14-21)19-7-3-2-4-8-19/h2-18H,1H3. The number of benzene rings is 4. The van der Waals surface area contributed by atoms with Crippen LogP contribution in [0.1, 0.15) is 0 Å². The second-order valence-electron chi connectivity index (χ2n) is 7.82. The lowest BCUT2D eigenvalue weighted by Crippen LogP contribution is -2.22. The van der Waals surface area contributed by atoms with Gasteiger partial charge in [-0.3, -0.25) is 4.79 Å². The van der Waals surface area contributed by atoms with E-state index in [1.54, 1.807) is 18.2 Å². The first-order valence-corrected chi connectivity index (χ1v) is 12.3. The Hall–Kier alpha value is -4.03.